The maximum absolute atomic E-state index is 3.91. The molecule has 0 spiro atoms. The minimum absolute atomic E-state index is 0.771. The average molecular weight is 302 g/mol. The molecule has 0 bridgehead atoms. The van der Waals surface area contributed by atoms with E-state index in [-0.39, 0.29) is 0 Å². The lowest BCUT2D eigenvalue weighted by Crippen LogP contribution is -2.48. The molecular weight excluding hydrogens is 270 g/mol. The number of rotatable bonds is 5. The van der Waals surface area contributed by atoms with Crippen molar-refractivity contribution in [3.8, 4) is 0 Å². The number of thioether (sulfide) groups is 2. The second-order valence-electron chi connectivity index (χ2n) is 6.30. The van der Waals surface area contributed by atoms with Crippen LogP contribution >= 0.6 is 23.5 Å². The summed E-state index contributed by atoms with van der Waals surface area (Å²) in [6.07, 6.45) is 8.59. The first-order valence-corrected chi connectivity index (χ1v) is 10.2. The summed E-state index contributed by atoms with van der Waals surface area (Å²) in [6.45, 7) is 8.31. The SMILES string of the molecule is CCCNC(C1CCCCC1)C1CSC(C)C(C)S1. The van der Waals surface area contributed by atoms with Crippen molar-refractivity contribution in [2.24, 2.45) is 5.92 Å². The van der Waals surface area contributed by atoms with E-state index < -0.39 is 0 Å². The Bertz CT molecular complexity index is 253. The lowest BCUT2D eigenvalue weighted by molar-refractivity contribution is 0.268. The molecule has 1 aliphatic heterocycles. The van der Waals surface area contributed by atoms with E-state index in [1.165, 1.54) is 50.8 Å². The van der Waals surface area contributed by atoms with Gasteiger partial charge in [-0.1, -0.05) is 40.0 Å². The van der Waals surface area contributed by atoms with E-state index in [0.29, 0.717) is 0 Å². The van der Waals surface area contributed by atoms with Crippen LogP contribution in [-0.2, 0) is 0 Å². The molecule has 0 aromatic heterocycles. The Labute approximate surface area is 128 Å². The van der Waals surface area contributed by atoms with Crippen LogP contribution < -0.4 is 5.32 Å². The third-order valence-corrected chi connectivity index (χ3v) is 8.28. The molecule has 2 fully saturated rings. The maximum atomic E-state index is 3.91. The topological polar surface area (TPSA) is 12.0 Å². The van der Waals surface area contributed by atoms with Crippen LogP contribution in [0.25, 0.3) is 0 Å². The van der Waals surface area contributed by atoms with Gasteiger partial charge in [0.2, 0.25) is 0 Å². The molecule has 1 nitrogen and oxygen atoms in total. The Hall–Kier alpha value is 0.660. The first kappa shape index (κ1) is 16.0. The highest BCUT2D eigenvalue weighted by atomic mass is 32.2. The highest BCUT2D eigenvalue weighted by Gasteiger charge is 2.35. The Morgan fingerprint density at radius 2 is 1.84 bits per heavy atom. The van der Waals surface area contributed by atoms with Crippen LogP contribution in [0.5, 0.6) is 0 Å². The van der Waals surface area contributed by atoms with Crippen molar-refractivity contribution >= 4 is 23.5 Å². The van der Waals surface area contributed by atoms with Gasteiger partial charge in [-0.15, -0.1) is 0 Å². The third kappa shape index (κ3) is 4.57. The zero-order chi connectivity index (χ0) is 13.7. The molecular formula is C16H31NS2. The first-order chi connectivity index (χ1) is 9.22. The summed E-state index contributed by atoms with van der Waals surface area (Å²) < 4.78 is 0. The summed E-state index contributed by atoms with van der Waals surface area (Å²) in [6, 6.07) is 0.771. The summed E-state index contributed by atoms with van der Waals surface area (Å²) >= 11 is 4.46. The molecule has 2 rings (SSSR count). The van der Waals surface area contributed by atoms with E-state index in [1.807, 2.05) is 0 Å². The molecule has 0 aromatic rings. The van der Waals surface area contributed by atoms with Crippen LogP contribution in [0.15, 0.2) is 0 Å². The van der Waals surface area contributed by atoms with E-state index in [9.17, 15) is 0 Å². The Balaban J connectivity index is 1.95. The molecule has 1 N–H and O–H groups in total. The van der Waals surface area contributed by atoms with Gasteiger partial charge in [0.15, 0.2) is 0 Å². The first-order valence-electron chi connectivity index (χ1n) is 8.22. The third-order valence-electron chi connectivity index (χ3n) is 4.76. The normalized spacial score (nSPS) is 35.2. The zero-order valence-electron chi connectivity index (χ0n) is 12.9. The Kier molecular flexibility index (Phi) is 6.91. The van der Waals surface area contributed by atoms with Crippen molar-refractivity contribution < 1.29 is 0 Å². The molecule has 0 amide bonds. The van der Waals surface area contributed by atoms with E-state index in [4.69, 9.17) is 0 Å². The predicted octanol–water partition coefficient (Wildman–Crippen LogP) is 4.56. The molecule has 1 saturated heterocycles. The van der Waals surface area contributed by atoms with Gasteiger partial charge in [0, 0.05) is 27.5 Å². The van der Waals surface area contributed by atoms with Gasteiger partial charge in [0.25, 0.3) is 0 Å². The van der Waals surface area contributed by atoms with Gasteiger partial charge in [-0.05, 0) is 31.7 Å². The number of nitrogens with one attached hydrogen (secondary N) is 1. The standard InChI is InChI=1S/C16H31NS2/c1-4-10-17-16(14-8-6-5-7-9-14)15-11-18-12(2)13(3)19-15/h12-17H,4-11H2,1-3H3. The summed E-state index contributed by atoms with van der Waals surface area (Å²) in [5.41, 5.74) is 0. The van der Waals surface area contributed by atoms with Gasteiger partial charge < -0.3 is 5.32 Å². The van der Waals surface area contributed by atoms with Crippen LogP contribution in [0.2, 0.25) is 0 Å². The Morgan fingerprint density at radius 1 is 1.11 bits per heavy atom. The second-order valence-corrected chi connectivity index (χ2v) is 9.33. The highest BCUT2D eigenvalue weighted by molar-refractivity contribution is 8.07. The fraction of sp³-hybridized carbons (Fsp3) is 1.00. The quantitative estimate of drug-likeness (QED) is 0.799. The number of hydrogen-bond acceptors (Lipinski definition) is 3. The van der Waals surface area contributed by atoms with E-state index in [1.54, 1.807) is 0 Å². The van der Waals surface area contributed by atoms with Gasteiger partial charge in [-0.2, -0.15) is 23.5 Å². The van der Waals surface area contributed by atoms with Crippen molar-refractivity contribution in [2.75, 3.05) is 12.3 Å². The summed E-state index contributed by atoms with van der Waals surface area (Å²) in [5, 5.41) is 6.40. The molecule has 1 heterocycles. The van der Waals surface area contributed by atoms with E-state index in [0.717, 1.165) is 27.7 Å². The minimum Gasteiger partial charge on any atom is -0.313 e. The highest BCUT2D eigenvalue weighted by Crippen LogP contribution is 2.40. The molecule has 0 radical (unpaired) electrons. The van der Waals surface area contributed by atoms with Crippen molar-refractivity contribution in [1.29, 1.82) is 0 Å². The van der Waals surface area contributed by atoms with Gasteiger partial charge in [-0.25, -0.2) is 0 Å². The minimum atomic E-state index is 0.771. The smallest absolute Gasteiger partial charge is 0.0297 e. The van der Waals surface area contributed by atoms with Crippen molar-refractivity contribution in [3.63, 3.8) is 0 Å². The zero-order valence-corrected chi connectivity index (χ0v) is 14.5. The maximum Gasteiger partial charge on any atom is 0.0297 e. The van der Waals surface area contributed by atoms with Gasteiger partial charge in [-0.3, -0.25) is 0 Å². The fourth-order valence-electron chi connectivity index (χ4n) is 3.40. The molecule has 1 aliphatic carbocycles. The molecule has 2 aliphatic rings. The molecule has 112 valence electrons. The lowest BCUT2D eigenvalue weighted by Gasteiger charge is -2.41. The van der Waals surface area contributed by atoms with Crippen molar-refractivity contribution in [1.82, 2.24) is 5.32 Å². The van der Waals surface area contributed by atoms with Crippen molar-refractivity contribution in [2.45, 2.75) is 81.1 Å². The summed E-state index contributed by atoms with van der Waals surface area (Å²) in [4.78, 5) is 0. The van der Waals surface area contributed by atoms with Crippen LogP contribution in [0, 0.1) is 5.92 Å². The van der Waals surface area contributed by atoms with Gasteiger partial charge >= 0.3 is 0 Å². The van der Waals surface area contributed by atoms with Gasteiger partial charge in [0.05, 0.1) is 0 Å². The van der Waals surface area contributed by atoms with Gasteiger partial charge in [0.1, 0.15) is 0 Å². The largest absolute Gasteiger partial charge is 0.313 e. The molecule has 4 atom stereocenters. The number of hydrogen-bond donors (Lipinski definition) is 1. The van der Waals surface area contributed by atoms with E-state index in [2.05, 4.69) is 49.6 Å². The molecule has 3 heteroatoms. The molecule has 0 aromatic carbocycles. The molecule has 4 unspecified atom stereocenters. The Morgan fingerprint density at radius 3 is 2.47 bits per heavy atom. The van der Waals surface area contributed by atoms with E-state index >= 15 is 0 Å². The summed E-state index contributed by atoms with van der Waals surface area (Å²) in [7, 11) is 0. The second kappa shape index (κ2) is 8.19. The van der Waals surface area contributed by atoms with Crippen LogP contribution in [0.3, 0.4) is 0 Å². The van der Waals surface area contributed by atoms with Crippen LogP contribution in [0.4, 0.5) is 0 Å². The van der Waals surface area contributed by atoms with Crippen LogP contribution in [0.1, 0.15) is 59.3 Å². The molecule has 19 heavy (non-hydrogen) atoms. The molecule has 1 saturated carbocycles. The average Bonchev–Trinajstić information content (AvgIpc) is 2.44. The monoisotopic (exact) mass is 301 g/mol. The van der Waals surface area contributed by atoms with Crippen LogP contribution in [-0.4, -0.2) is 34.1 Å². The summed E-state index contributed by atoms with van der Waals surface area (Å²) in [5.74, 6) is 2.30. The fourth-order valence-corrected chi connectivity index (χ4v) is 6.61. The predicted molar refractivity (Wildman–Crippen MR) is 91.4 cm³/mol. The lowest BCUT2D eigenvalue weighted by atomic mass is 9.82. The van der Waals surface area contributed by atoms with Crippen molar-refractivity contribution in [3.05, 3.63) is 0 Å².